The summed E-state index contributed by atoms with van der Waals surface area (Å²) in [7, 11) is 0. The lowest BCUT2D eigenvalue weighted by Crippen LogP contribution is -2.52. The molecular formula is C23H32F6O2. The van der Waals surface area contributed by atoms with E-state index < -0.39 is 30.0 Å². The van der Waals surface area contributed by atoms with Crippen LogP contribution in [0.5, 0.6) is 0 Å². The molecule has 0 spiro atoms. The summed E-state index contributed by atoms with van der Waals surface area (Å²) in [4.78, 5) is 0. The summed E-state index contributed by atoms with van der Waals surface area (Å²) in [6, 6.07) is 0. The molecule has 4 aliphatic carbocycles. The fourth-order valence-electron chi connectivity index (χ4n) is 7.96. The topological polar surface area (TPSA) is 40.5 Å². The monoisotopic (exact) mass is 454 g/mol. The first-order valence-electron chi connectivity index (χ1n) is 11.4. The van der Waals surface area contributed by atoms with Gasteiger partial charge in [0.25, 0.3) is 0 Å². The van der Waals surface area contributed by atoms with Crippen LogP contribution in [0.15, 0.2) is 11.6 Å². The first kappa shape index (κ1) is 23.4. The van der Waals surface area contributed by atoms with Crippen molar-refractivity contribution in [3.05, 3.63) is 11.6 Å². The average Bonchev–Trinajstić information content (AvgIpc) is 3.02. The summed E-state index contributed by atoms with van der Waals surface area (Å²) in [6.07, 6.45) is -6.46. The smallest absolute Gasteiger partial charge is 0.383 e. The van der Waals surface area contributed by atoms with Gasteiger partial charge in [-0.05, 0) is 85.9 Å². The molecule has 4 aliphatic rings. The fourth-order valence-corrected chi connectivity index (χ4v) is 7.96. The standard InChI is InChI=1S/C23H32F6O2/c1-12(19(30)22(24,25)26)17-5-6-18-16-4-3-13-11-21(31,23(27,28)29)10-8-14(13)15(16)7-9-20(17,18)2/h3,12,14-19,30-31H,4-11H2,1-2H3/t12-,14-,15+,16+,17+,18-,19-,20+,21-/m0/s1. The van der Waals surface area contributed by atoms with Gasteiger partial charge in [-0.2, -0.15) is 26.3 Å². The highest BCUT2D eigenvalue weighted by Gasteiger charge is 2.61. The molecule has 8 heteroatoms. The van der Waals surface area contributed by atoms with Crippen LogP contribution < -0.4 is 0 Å². The number of fused-ring (bicyclic) bond motifs is 5. The summed E-state index contributed by atoms with van der Waals surface area (Å²) in [5, 5.41) is 20.0. The molecule has 0 unspecified atom stereocenters. The molecule has 2 N–H and O–H groups in total. The number of halogens is 6. The highest BCUT2D eigenvalue weighted by molar-refractivity contribution is 5.23. The normalized spacial score (nSPS) is 45.2. The third-order valence-electron chi connectivity index (χ3n) is 9.57. The van der Waals surface area contributed by atoms with Gasteiger partial charge in [0.2, 0.25) is 0 Å². The van der Waals surface area contributed by atoms with Gasteiger partial charge < -0.3 is 10.2 Å². The minimum atomic E-state index is -4.64. The zero-order valence-electron chi connectivity index (χ0n) is 17.9. The number of aliphatic hydroxyl groups is 2. The summed E-state index contributed by atoms with van der Waals surface area (Å²) in [5.41, 5.74) is -2.22. The van der Waals surface area contributed by atoms with Gasteiger partial charge in [0.1, 0.15) is 0 Å². The van der Waals surface area contributed by atoms with Gasteiger partial charge in [-0.25, -0.2) is 0 Å². The Morgan fingerprint density at radius 3 is 2.29 bits per heavy atom. The summed E-state index contributed by atoms with van der Waals surface area (Å²) >= 11 is 0. The Labute approximate surface area is 179 Å². The zero-order chi connectivity index (χ0) is 23.0. The molecular weight excluding hydrogens is 422 g/mol. The van der Waals surface area contributed by atoms with Gasteiger partial charge in [-0.15, -0.1) is 0 Å². The Balaban J connectivity index is 1.54. The van der Waals surface area contributed by atoms with E-state index in [9.17, 15) is 36.6 Å². The van der Waals surface area contributed by atoms with E-state index >= 15 is 0 Å². The third-order valence-corrected chi connectivity index (χ3v) is 9.57. The molecule has 0 bridgehead atoms. The molecule has 9 atom stereocenters. The van der Waals surface area contributed by atoms with E-state index in [1.54, 1.807) is 0 Å². The minimum absolute atomic E-state index is 0.0307. The molecule has 31 heavy (non-hydrogen) atoms. The van der Waals surface area contributed by atoms with Crippen molar-refractivity contribution in [3.8, 4) is 0 Å². The van der Waals surface area contributed by atoms with Crippen molar-refractivity contribution in [3.63, 3.8) is 0 Å². The molecule has 4 rings (SSSR count). The maximum Gasteiger partial charge on any atom is 0.417 e. The second kappa shape index (κ2) is 7.37. The Bertz CT molecular complexity index is 731. The molecule has 0 aromatic carbocycles. The van der Waals surface area contributed by atoms with Crippen molar-refractivity contribution in [1.29, 1.82) is 0 Å². The van der Waals surface area contributed by atoms with Crippen molar-refractivity contribution in [1.82, 2.24) is 0 Å². The lowest BCUT2D eigenvalue weighted by Gasteiger charge is -2.55. The van der Waals surface area contributed by atoms with Crippen LogP contribution in [-0.4, -0.2) is 34.3 Å². The number of allylic oxidation sites excluding steroid dienone is 1. The van der Waals surface area contributed by atoms with Gasteiger partial charge in [0.15, 0.2) is 11.7 Å². The average molecular weight is 454 g/mol. The van der Waals surface area contributed by atoms with E-state index in [0.29, 0.717) is 24.8 Å². The molecule has 178 valence electrons. The predicted octanol–water partition coefficient (Wildman–Crippen LogP) is 6.03. The van der Waals surface area contributed by atoms with Crippen LogP contribution in [0.3, 0.4) is 0 Å². The van der Waals surface area contributed by atoms with Crippen LogP contribution in [0.1, 0.15) is 65.2 Å². The number of hydrogen-bond acceptors (Lipinski definition) is 2. The van der Waals surface area contributed by atoms with Crippen molar-refractivity contribution < 1.29 is 36.6 Å². The second-order valence-corrected chi connectivity index (χ2v) is 10.9. The van der Waals surface area contributed by atoms with Gasteiger partial charge in [0, 0.05) is 6.42 Å². The highest BCUT2D eigenvalue weighted by Crippen LogP contribution is 2.65. The lowest BCUT2D eigenvalue weighted by molar-refractivity contribution is -0.268. The molecule has 0 aromatic rings. The first-order valence-corrected chi connectivity index (χ1v) is 11.4. The van der Waals surface area contributed by atoms with Gasteiger partial charge >= 0.3 is 12.4 Å². The van der Waals surface area contributed by atoms with E-state index in [0.717, 1.165) is 19.3 Å². The van der Waals surface area contributed by atoms with Crippen LogP contribution >= 0.6 is 0 Å². The summed E-state index contributed by atoms with van der Waals surface area (Å²) in [6.45, 7) is 3.56. The van der Waals surface area contributed by atoms with Gasteiger partial charge in [-0.1, -0.05) is 25.5 Å². The third kappa shape index (κ3) is 3.64. The molecule has 0 saturated heterocycles. The Morgan fingerprint density at radius 1 is 1.00 bits per heavy atom. The molecule has 0 heterocycles. The summed E-state index contributed by atoms with van der Waals surface area (Å²) < 4.78 is 79.4. The zero-order valence-corrected chi connectivity index (χ0v) is 17.9. The molecule has 0 amide bonds. The molecule has 3 saturated carbocycles. The van der Waals surface area contributed by atoms with Crippen LogP contribution in [-0.2, 0) is 0 Å². The SMILES string of the molecule is C[C@@H]([C@H]1CC[C@H]2[C@@H]3CC=C4C[C@](O)(C(F)(F)F)CC[C@@H]4[C@H]3CC[C@]12C)[C@H](O)C(F)(F)F. The van der Waals surface area contributed by atoms with E-state index in [-0.39, 0.29) is 47.8 Å². The van der Waals surface area contributed by atoms with Crippen molar-refractivity contribution >= 4 is 0 Å². The maximum absolute atomic E-state index is 13.3. The Kier molecular flexibility index (Phi) is 5.57. The number of alkyl halides is 6. The van der Waals surface area contributed by atoms with Crippen LogP contribution in [0.4, 0.5) is 26.3 Å². The van der Waals surface area contributed by atoms with Crippen LogP contribution in [0, 0.1) is 40.9 Å². The number of rotatable bonds is 2. The van der Waals surface area contributed by atoms with Crippen LogP contribution in [0.2, 0.25) is 0 Å². The Morgan fingerprint density at radius 2 is 1.68 bits per heavy atom. The number of hydrogen-bond donors (Lipinski definition) is 2. The molecule has 3 fully saturated rings. The van der Waals surface area contributed by atoms with Crippen molar-refractivity contribution in [2.75, 3.05) is 0 Å². The predicted molar refractivity (Wildman–Crippen MR) is 103 cm³/mol. The molecule has 2 nitrogen and oxygen atoms in total. The van der Waals surface area contributed by atoms with E-state index in [1.165, 1.54) is 6.92 Å². The number of aliphatic hydroxyl groups excluding tert-OH is 1. The fraction of sp³-hybridized carbons (Fsp3) is 0.913. The van der Waals surface area contributed by atoms with Gasteiger partial charge in [0.05, 0.1) is 0 Å². The van der Waals surface area contributed by atoms with Crippen LogP contribution in [0.25, 0.3) is 0 Å². The molecule has 0 radical (unpaired) electrons. The first-order chi connectivity index (χ1) is 14.2. The van der Waals surface area contributed by atoms with E-state index in [1.807, 2.05) is 6.08 Å². The molecule has 0 aliphatic heterocycles. The van der Waals surface area contributed by atoms with Crippen molar-refractivity contribution in [2.24, 2.45) is 40.9 Å². The summed E-state index contributed by atoms with van der Waals surface area (Å²) in [5.74, 6) is -0.356. The highest BCUT2D eigenvalue weighted by atomic mass is 19.4. The quantitative estimate of drug-likeness (QED) is 0.395. The second-order valence-electron chi connectivity index (χ2n) is 10.9. The van der Waals surface area contributed by atoms with E-state index in [4.69, 9.17) is 0 Å². The van der Waals surface area contributed by atoms with E-state index in [2.05, 4.69) is 6.92 Å². The maximum atomic E-state index is 13.3. The Hall–Kier alpha value is -0.760. The lowest BCUT2D eigenvalue weighted by atomic mass is 9.50. The minimum Gasteiger partial charge on any atom is -0.383 e. The molecule has 0 aromatic heterocycles. The largest absolute Gasteiger partial charge is 0.417 e. The van der Waals surface area contributed by atoms with Gasteiger partial charge in [-0.3, -0.25) is 0 Å². The van der Waals surface area contributed by atoms with Crippen molar-refractivity contribution in [2.45, 2.75) is 89.3 Å².